The van der Waals surface area contributed by atoms with Crippen molar-refractivity contribution in [2.45, 2.75) is 45.6 Å². The minimum atomic E-state index is -3.03. The molecule has 2 atom stereocenters. The van der Waals surface area contributed by atoms with Gasteiger partial charge < -0.3 is 5.73 Å². The summed E-state index contributed by atoms with van der Waals surface area (Å²) in [6.45, 7) is 5.67. The Balaban J connectivity index is 2.45. The van der Waals surface area contributed by atoms with E-state index >= 15 is 0 Å². The number of rotatable bonds is 5. The van der Waals surface area contributed by atoms with E-state index in [1.807, 2.05) is 0 Å². The van der Waals surface area contributed by atoms with E-state index in [1.54, 1.807) is 4.31 Å². The van der Waals surface area contributed by atoms with Gasteiger partial charge in [0.05, 0.1) is 6.26 Å². The molecule has 0 radical (unpaired) electrons. The molecule has 0 amide bonds. The van der Waals surface area contributed by atoms with E-state index in [4.69, 9.17) is 5.73 Å². The molecule has 0 saturated carbocycles. The molecule has 0 bridgehead atoms. The Morgan fingerprint density at radius 2 is 2.06 bits per heavy atom. The van der Waals surface area contributed by atoms with Crippen molar-refractivity contribution in [3.63, 3.8) is 0 Å². The Hall–Kier alpha value is -0.130. The molecule has 1 rings (SSSR count). The summed E-state index contributed by atoms with van der Waals surface area (Å²) in [7, 11) is -3.03. The highest BCUT2D eigenvalue weighted by Crippen LogP contribution is 2.23. The Labute approximate surface area is 106 Å². The summed E-state index contributed by atoms with van der Waals surface area (Å²) in [5.74, 6) is 1.05. The molecule has 0 aliphatic carbocycles. The van der Waals surface area contributed by atoms with Gasteiger partial charge in [0.1, 0.15) is 0 Å². The molecule has 1 aliphatic rings. The van der Waals surface area contributed by atoms with Gasteiger partial charge in [0, 0.05) is 19.1 Å². The van der Waals surface area contributed by atoms with Crippen molar-refractivity contribution in [3.05, 3.63) is 0 Å². The molecule has 17 heavy (non-hydrogen) atoms. The number of sulfonamides is 1. The number of nitrogens with two attached hydrogens (primary N) is 1. The Bertz CT molecular complexity index is 327. The average molecular weight is 262 g/mol. The van der Waals surface area contributed by atoms with Gasteiger partial charge in [0.2, 0.25) is 10.0 Å². The molecule has 1 fully saturated rings. The first-order valence-corrected chi connectivity index (χ1v) is 8.34. The molecular formula is C12H26N2O2S. The van der Waals surface area contributed by atoms with Gasteiger partial charge in [-0.1, -0.05) is 13.8 Å². The number of hydrogen-bond acceptors (Lipinski definition) is 3. The largest absolute Gasteiger partial charge is 0.328 e. The second kappa shape index (κ2) is 6.16. The van der Waals surface area contributed by atoms with Gasteiger partial charge >= 0.3 is 0 Å². The lowest BCUT2D eigenvalue weighted by atomic mass is 9.89. The Morgan fingerprint density at radius 3 is 2.59 bits per heavy atom. The maximum Gasteiger partial charge on any atom is 0.211 e. The van der Waals surface area contributed by atoms with Gasteiger partial charge in [0.15, 0.2) is 0 Å². The predicted molar refractivity (Wildman–Crippen MR) is 71.2 cm³/mol. The van der Waals surface area contributed by atoms with Gasteiger partial charge in [-0.2, -0.15) is 0 Å². The molecule has 5 heteroatoms. The number of hydrogen-bond donors (Lipinski definition) is 1. The highest BCUT2D eigenvalue weighted by Gasteiger charge is 2.26. The van der Waals surface area contributed by atoms with Crippen LogP contribution in [0, 0.1) is 11.8 Å². The van der Waals surface area contributed by atoms with Crippen LogP contribution in [0.25, 0.3) is 0 Å². The van der Waals surface area contributed by atoms with Crippen LogP contribution in [-0.4, -0.2) is 38.1 Å². The van der Waals surface area contributed by atoms with E-state index in [1.165, 1.54) is 6.26 Å². The molecular weight excluding hydrogens is 236 g/mol. The van der Waals surface area contributed by atoms with Crippen molar-refractivity contribution >= 4 is 10.0 Å². The highest BCUT2D eigenvalue weighted by molar-refractivity contribution is 7.88. The lowest BCUT2D eigenvalue weighted by Crippen LogP contribution is -2.41. The van der Waals surface area contributed by atoms with E-state index in [0.29, 0.717) is 24.9 Å². The molecule has 0 aromatic carbocycles. The van der Waals surface area contributed by atoms with Crippen molar-refractivity contribution in [1.82, 2.24) is 4.31 Å². The second-order valence-electron chi connectivity index (χ2n) is 5.75. The van der Waals surface area contributed by atoms with Crippen LogP contribution in [-0.2, 0) is 10.0 Å². The quantitative estimate of drug-likeness (QED) is 0.815. The first-order chi connectivity index (χ1) is 7.79. The maximum atomic E-state index is 11.5. The van der Waals surface area contributed by atoms with Crippen LogP contribution in [0.4, 0.5) is 0 Å². The van der Waals surface area contributed by atoms with Crippen molar-refractivity contribution in [1.29, 1.82) is 0 Å². The zero-order chi connectivity index (χ0) is 13.1. The van der Waals surface area contributed by atoms with Crippen molar-refractivity contribution in [2.24, 2.45) is 17.6 Å². The van der Waals surface area contributed by atoms with E-state index < -0.39 is 10.0 Å². The fraction of sp³-hybridized carbons (Fsp3) is 1.00. The van der Waals surface area contributed by atoms with E-state index in [-0.39, 0.29) is 6.04 Å². The summed E-state index contributed by atoms with van der Waals surface area (Å²) < 4.78 is 24.6. The molecule has 1 aliphatic heterocycles. The van der Waals surface area contributed by atoms with Crippen LogP contribution >= 0.6 is 0 Å². The summed E-state index contributed by atoms with van der Waals surface area (Å²) in [4.78, 5) is 0. The second-order valence-corrected chi connectivity index (χ2v) is 7.74. The van der Waals surface area contributed by atoms with Crippen LogP contribution in [0.5, 0.6) is 0 Å². The molecule has 0 aromatic heterocycles. The minimum Gasteiger partial charge on any atom is -0.328 e. The lowest BCUT2D eigenvalue weighted by Gasteiger charge is -2.32. The van der Waals surface area contributed by atoms with E-state index in [0.717, 1.165) is 25.7 Å². The first-order valence-electron chi connectivity index (χ1n) is 6.49. The molecule has 102 valence electrons. The molecule has 1 saturated heterocycles. The van der Waals surface area contributed by atoms with Crippen LogP contribution in [0.2, 0.25) is 0 Å². The van der Waals surface area contributed by atoms with Crippen LogP contribution in [0.3, 0.4) is 0 Å². The summed E-state index contributed by atoms with van der Waals surface area (Å²) in [6.07, 6.45) is 5.34. The van der Waals surface area contributed by atoms with Crippen LogP contribution in [0.1, 0.15) is 39.5 Å². The predicted octanol–water partition coefficient (Wildman–Crippen LogP) is 1.42. The Morgan fingerprint density at radius 1 is 1.41 bits per heavy atom. The third kappa shape index (κ3) is 5.36. The summed E-state index contributed by atoms with van der Waals surface area (Å²) in [5, 5.41) is 0. The van der Waals surface area contributed by atoms with Gasteiger partial charge in [-0.15, -0.1) is 0 Å². The fourth-order valence-corrected chi connectivity index (χ4v) is 3.59. The average Bonchev–Trinajstić information content (AvgIpc) is 2.15. The van der Waals surface area contributed by atoms with E-state index in [9.17, 15) is 8.42 Å². The monoisotopic (exact) mass is 262 g/mol. The molecule has 2 N–H and O–H groups in total. The molecule has 4 nitrogen and oxygen atoms in total. The van der Waals surface area contributed by atoms with Gasteiger partial charge in [-0.3, -0.25) is 0 Å². The standard InChI is InChI=1S/C12H26N2O2S/c1-10(2)7-12(13)8-11-5-4-6-14(9-11)17(3,15)16/h10-12H,4-9,13H2,1-3H3. The minimum absolute atomic E-state index is 0.208. The normalized spacial score (nSPS) is 25.1. The smallest absolute Gasteiger partial charge is 0.211 e. The SMILES string of the molecule is CC(C)CC(N)CC1CCCN(S(C)(=O)=O)C1. The summed E-state index contributed by atoms with van der Waals surface area (Å²) in [5.41, 5.74) is 6.09. The Kier molecular flexibility index (Phi) is 5.41. The molecule has 2 unspecified atom stereocenters. The zero-order valence-corrected chi connectivity index (χ0v) is 12.0. The highest BCUT2D eigenvalue weighted by atomic mass is 32.2. The van der Waals surface area contributed by atoms with Crippen molar-refractivity contribution in [2.75, 3.05) is 19.3 Å². The van der Waals surface area contributed by atoms with Crippen molar-refractivity contribution < 1.29 is 8.42 Å². The van der Waals surface area contributed by atoms with Crippen molar-refractivity contribution in [3.8, 4) is 0 Å². The van der Waals surface area contributed by atoms with E-state index in [2.05, 4.69) is 13.8 Å². The van der Waals surface area contributed by atoms with Gasteiger partial charge in [-0.25, -0.2) is 12.7 Å². The molecule has 1 heterocycles. The topological polar surface area (TPSA) is 63.4 Å². The fourth-order valence-electron chi connectivity index (χ4n) is 2.65. The summed E-state index contributed by atoms with van der Waals surface area (Å²) in [6, 6.07) is 0.208. The van der Waals surface area contributed by atoms with Gasteiger partial charge in [-0.05, 0) is 37.5 Å². The maximum absolute atomic E-state index is 11.5. The third-order valence-corrected chi connectivity index (χ3v) is 4.63. The van der Waals surface area contributed by atoms with Gasteiger partial charge in [0.25, 0.3) is 0 Å². The van der Waals surface area contributed by atoms with Crippen LogP contribution < -0.4 is 5.73 Å². The number of piperidine rings is 1. The first kappa shape index (κ1) is 14.9. The molecule has 0 aromatic rings. The number of nitrogens with zero attached hydrogens (tertiary/aromatic N) is 1. The van der Waals surface area contributed by atoms with Crippen LogP contribution in [0.15, 0.2) is 0 Å². The lowest BCUT2D eigenvalue weighted by molar-refractivity contribution is 0.240. The summed E-state index contributed by atoms with van der Waals surface area (Å²) >= 11 is 0. The zero-order valence-electron chi connectivity index (χ0n) is 11.2. The molecule has 0 spiro atoms. The third-order valence-electron chi connectivity index (χ3n) is 3.36.